The Kier molecular flexibility index (Phi) is 3.10. The Morgan fingerprint density at radius 2 is 1.42 bits per heavy atom. The van der Waals surface area contributed by atoms with E-state index in [2.05, 4.69) is 6.58 Å². The zero-order valence-electron chi connectivity index (χ0n) is 11.2. The molecule has 0 fully saturated rings. The standard InChI is InChI=1S/C13H9NO3.C2H6/c1-6-7-3-8-9(12(16)5-11(8)15)4-10(7)13(17)14(6)2;1-2/h3-4H,1,5H2,2H3;1-2H3. The van der Waals surface area contributed by atoms with Crippen molar-refractivity contribution < 1.29 is 14.4 Å². The summed E-state index contributed by atoms with van der Waals surface area (Å²) in [5, 5.41) is 0. The fourth-order valence-corrected chi connectivity index (χ4v) is 2.30. The van der Waals surface area contributed by atoms with Gasteiger partial charge in [0, 0.05) is 35.0 Å². The van der Waals surface area contributed by atoms with Gasteiger partial charge in [-0.1, -0.05) is 20.4 Å². The normalized spacial score (nSPS) is 16.3. The van der Waals surface area contributed by atoms with Gasteiger partial charge in [-0.05, 0) is 12.1 Å². The Hall–Kier alpha value is -2.23. The minimum Gasteiger partial charge on any atom is -0.311 e. The molecular weight excluding hydrogens is 242 g/mol. The van der Waals surface area contributed by atoms with Crippen molar-refractivity contribution in [3.05, 3.63) is 41.0 Å². The summed E-state index contributed by atoms with van der Waals surface area (Å²) < 4.78 is 0. The second kappa shape index (κ2) is 4.46. The van der Waals surface area contributed by atoms with E-state index in [1.54, 1.807) is 13.1 Å². The average Bonchev–Trinajstić information content (AvgIpc) is 2.82. The number of hydrogen-bond acceptors (Lipinski definition) is 3. The number of Topliss-reactive ketones (excluding diaryl/α,β-unsaturated/α-hetero) is 2. The molecule has 1 aliphatic heterocycles. The van der Waals surface area contributed by atoms with E-state index in [4.69, 9.17) is 0 Å². The molecule has 0 N–H and O–H groups in total. The number of hydrogen-bond donors (Lipinski definition) is 0. The van der Waals surface area contributed by atoms with Crippen LogP contribution >= 0.6 is 0 Å². The molecule has 2 aliphatic rings. The third-order valence-corrected chi connectivity index (χ3v) is 3.33. The molecule has 98 valence electrons. The van der Waals surface area contributed by atoms with E-state index in [0.717, 1.165) is 0 Å². The summed E-state index contributed by atoms with van der Waals surface area (Å²) in [6.45, 7) is 7.81. The van der Waals surface area contributed by atoms with Gasteiger partial charge in [-0.15, -0.1) is 0 Å². The maximum Gasteiger partial charge on any atom is 0.258 e. The summed E-state index contributed by atoms with van der Waals surface area (Å²) in [5.74, 6) is -0.566. The van der Waals surface area contributed by atoms with Crippen LogP contribution in [0.2, 0.25) is 0 Å². The Morgan fingerprint density at radius 1 is 0.947 bits per heavy atom. The summed E-state index contributed by atoms with van der Waals surface area (Å²) in [6, 6.07) is 3.14. The molecule has 4 heteroatoms. The monoisotopic (exact) mass is 257 g/mol. The molecule has 1 aliphatic carbocycles. The Balaban J connectivity index is 0.000000637. The van der Waals surface area contributed by atoms with Crippen LogP contribution in [0.25, 0.3) is 5.70 Å². The highest BCUT2D eigenvalue weighted by Gasteiger charge is 2.35. The van der Waals surface area contributed by atoms with Crippen LogP contribution in [-0.4, -0.2) is 29.4 Å². The number of carbonyl (C=O) groups is 3. The smallest absolute Gasteiger partial charge is 0.258 e. The van der Waals surface area contributed by atoms with Crippen LogP contribution in [0, 0.1) is 0 Å². The van der Waals surface area contributed by atoms with Gasteiger partial charge in [-0.3, -0.25) is 14.4 Å². The second-order valence-corrected chi connectivity index (χ2v) is 4.28. The minimum atomic E-state index is -0.208. The van der Waals surface area contributed by atoms with Crippen molar-refractivity contribution >= 4 is 23.2 Å². The zero-order chi connectivity index (χ0) is 14.3. The van der Waals surface area contributed by atoms with Gasteiger partial charge in [-0.25, -0.2) is 0 Å². The van der Waals surface area contributed by atoms with Gasteiger partial charge in [0.2, 0.25) is 0 Å². The van der Waals surface area contributed by atoms with Crippen molar-refractivity contribution in [2.45, 2.75) is 20.3 Å². The molecule has 4 nitrogen and oxygen atoms in total. The van der Waals surface area contributed by atoms with Crippen LogP contribution in [0.5, 0.6) is 0 Å². The zero-order valence-corrected chi connectivity index (χ0v) is 11.2. The molecule has 1 aromatic carbocycles. The molecule has 1 heterocycles. The van der Waals surface area contributed by atoms with E-state index in [-0.39, 0.29) is 23.9 Å². The molecule has 0 aromatic heterocycles. The number of rotatable bonds is 0. The molecule has 0 saturated carbocycles. The quantitative estimate of drug-likeness (QED) is 0.671. The molecule has 0 saturated heterocycles. The Bertz CT molecular complexity index is 576. The number of fused-ring (bicyclic) bond motifs is 2. The largest absolute Gasteiger partial charge is 0.311 e. The van der Waals surface area contributed by atoms with E-state index < -0.39 is 0 Å². The molecule has 3 rings (SSSR count). The highest BCUT2D eigenvalue weighted by Crippen LogP contribution is 2.35. The molecule has 0 atom stereocenters. The van der Waals surface area contributed by atoms with Crippen LogP contribution < -0.4 is 0 Å². The first-order chi connectivity index (χ1) is 9.00. The predicted octanol–water partition coefficient (Wildman–Crippen LogP) is 2.54. The van der Waals surface area contributed by atoms with E-state index >= 15 is 0 Å². The molecule has 0 unspecified atom stereocenters. The lowest BCUT2D eigenvalue weighted by atomic mass is 10.0. The molecule has 1 aromatic rings. The van der Waals surface area contributed by atoms with Crippen molar-refractivity contribution in [3.8, 4) is 0 Å². The van der Waals surface area contributed by atoms with Crippen molar-refractivity contribution in [2.75, 3.05) is 7.05 Å². The van der Waals surface area contributed by atoms with E-state index in [1.807, 2.05) is 13.8 Å². The third-order valence-electron chi connectivity index (χ3n) is 3.33. The lowest BCUT2D eigenvalue weighted by Gasteiger charge is -2.08. The minimum absolute atomic E-state index is 0.0886. The van der Waals surface area contributed by atoms with Gasteiger partial charge in [0.1, 0.15) is 0 Å². The number of amides is 1. The fourth-order valence-electron chi connectivity index (χ4n) is 2.30. The van der Waals surface area contributed by atoms with Gasteiger partial charge in [0.05, 0.1) is 6.42 Å². The summed E-state index contributed by atoms with van der Waals surface area (Å²) in [6.07, 6.45) is -0.0886. The maximum atomic E-state index is 11.9. The first-order valence-electron chi connectivity index (χ1n) is 6.22. The van der Waals surface area contributed by atoms with Crippen LogP contribution in [-0.2, 0) is 0 Å². The summed E-state index contributed by atoms with van der Waals surface area (Å²) in [5.41, 5.74) is 2.46. The summed E-state index contributed by atoms with van der Waals surface area (Å²) in [4.78, 5) is 36.5. The molecular formula is C15H15NO3. The van der Waals surface area contributed by atoms with Crippen LogP contribution in [0.4, 0.5) is 0 Å². The first kappa shape index (κ1) is 13.2. The predicted molar refractivity (Wildman–Crippen MR) is 72.2 cm³/mol. The van der Waals surface area contributed by atoms with Gasteiger partial charge in [-0.2, -0.15) is 0 Å². The van der Waals surface area contributed by atoms with E-state index in [0.29, 0.717) is 28.0 Å². The topological polar surface area (TPSA) is 54.5 Å². The van der Waals surface area contributed by atoms with Gasteiger partial charge < -0.3 is 4.90 Å². The third kappa shape index (κ3) is 1.71. The van der Waals surface area contributed by atoms with Crippen LogP contribution in [0.15, 0.2) is 18.7 Å². The van der Waals surface area contributed by atoms with Gasteiger partial charge in [0.25, 0.3) is 5.91 Å². The molecule has 0 bridgehead atoms. The maximum absolute atomic E-state index is 11.9. The van der Waals surface area contributed by atoms with Crippen LogP contribution in [0.3, 0.4) is 0 Å². The second-order valence-electron chi connectivity index (χ2n) is 4.28. The van der Waals surface area contributed by atoms with Crippen LogP contribution in [0.1, 0.15) is 56.9 Å². The van der Waals surface area contributed by atoms with Crippen molar-refractivity contribution in [1.29, 1.82) is 0 Å². The van der Waals surface area contributed by atoms with E-state index in [1.165, 1.54) is 11.0 Å². The van der Waals surface area contributed by atoms with Crippen molar-refractivity contribution in [2.24, 2.45) is 0 Å². The highest BCUT2D eigenvalue weighted by atomic mass is 16.2. The van der Waals surface area contributed by atoms with E-state index in [9.17, 15) is 14.4 Å². The Morgan fingerprint density at radius 3 is 1.95 bits per heavy atom. The molecule has 0 radical (unpaired) electrons. The first-order valence-corrected chi connectivity index (χ1v) is 6.22. The van der Waals surface area contributed by atoms with Crippen molar-refractivity contribution in [1.82, 2.24) is 4.90 Å². The highest BCUT2D eigenvalue weighted by molar-refractivity contribution is 6.26. The lowest BCUT2D eigenvalue weighted by Crippen LogP contribution is -2.16. The SMILES string of the molecule is C=C1c2cc3c(cc2C(=O)N1C)C(=O)CC3=O.CC. The molecule has 19 heavy (non-hydrogen) atoms. The number of benzene rings is 1. The number of carbonyl (C=O) groups excluding carboxylic acids is 3. The fraction of sp³-hybridized carbons (Fsp3) is 0.267. The van der Waals surface area contributed by atoms with Gasteiger partial charge >= 0.3 is 0 Å². The van der Waals surface area contributed by atoms with Gasteiger partial charge in [0.15, 0.2) is 11.6 Å². The van der Waals surface area contributed by atoms with Crippen molar-refractivity contribution in [3.63, 3.8) is 0 Å². The molecule has 1 amide bonds. The Labute approximate surface area is 111 Å². The molecule has 0 spiro atoms. The number of ketones is 2. The average molecular weight is 257 g/mol. The lowest BCUT2D eigenvalue weighted by molar-refractivity contribution is 0.0873. The number of nitrogens with zero attached hydrogens (tertiary/aromatic N) is 1. The summed E-state index contributed by atoms with van der Waals surface area (Å²) >= 11 is 0. The summed E-state index contributed by atoms with van der Waals surface area (Å²) in [7, 11) is 1.62.